The monoisotopic (exact) mass is 333 g/mol. The maximum absolute atomic E-state index is 14.0. The van der Waals surface area contributed by atoms with Crippen LogP contribution in [0.4, 0.5) is 4.39 Å². The van der Waals surface area contributed by atoms with Gasteiger partial charge in [0.25, 0.3) is 0 Å². The number of halogens is 2. The highest BCUT2D eigenvalue weighted by Crippen LogP contribution is 2.29. The van der Waals surface area contributed by atoms with Gasteiger partial charge >= 0.3 is 0 Å². The van der Waals surface area contributed by atoms with Crippen LogP contribution in [-0.2, 0) is 15.9 Å². The second kappa shape index (κ2) is 7.07. The summed E-state index contributed by atoms with van der Waals surface area (Å²) in [6, 6.07) is 4.02. The van der Waals surface area contributed by atoms with Crippen molar-refractivity contribution < 1.29 is 12.8 Å². The van der Waals surface area contributed by atoms with E-state index in [2.05, 4.69) is 0 Å². The minimum atomic E-state index is -3.81. The van der Waals surface area contributed by atoms with Gasteiger partial charge in [0.05, 0.1) is 0 Å². The van der Waals surface area contributed by atoms with Gasteiger partial charge in [-0.15, -0.1) is 11.6 Å². The molecule has 3 nitrogen and oxygen atoms in total. The molecule has 0 unspecified atom stereocenters. The Morgan fingerprint density at radius 2 is 1.95 bits per heavy atom. The summed E-state index contributed by atoms with van der Waals surface area (Å²) in [5, 5.41) is 0. The molecule has 0 radical (unpaired) electrons. The van der Waals surface area contributed by atoms with E-state index < -0.39 is 15.8 Å². The molecule has 6 heteroatoms. The fourth-order valence-corrected chi connectivity index (χ4v) is 4.93. The summed E-state index contributed by atoms with van der Waals surface area (Å²) in [5.41, 5.74) is 0.608. The highest BCUT2D eigenvalue weighted by atomic mass is 35.5. The van der Waals surface area contributed by atoms with Crippen LogP contribution in [0, 0.1) is 5.82 Å². The Morgan fingerprint density at radius 3 is 2.52 bits per heavy atom. The minimum absolute atomic E-state index is 0.0205. The Hall–Kier alpha value is -0.650. The Kier molecular flexibility index (Phi) is 5.63. The van der Waals surface area contributed by atoms with Gasteiger partial charge in [0.2, 0.25) is 10.0 Å². The molecule has 2 rings (SSSR count). The van der Waals surface area contributed by atoms with Gasteiger partial charge in [-0.3, -0.25) is 0 Å². The maximum Gasteiger partial charge on any atom is 0.246 e. The highest BCUT2D eigenvalue weighted by molar-refractivity contribution is 7.89. The predicted octanol–water partition coefficient (Wildman–Crippen LogP) is 3.91. The summed E-state index contributed by atoms with van der Waals surface area (Å²) in [4.78, 5) is -0.256. The second-order valence-corrected chi connectivity index (χ2v) is 7.52. The Balaban J connectivity index is 2.38. The van der Waals surface area contributed by atoms with Crippen LogP contribution >= 0.6 is 11.6 Å². The van der Waals surface area contributed by atoms with Crippen LogP contribution < -0.4 is 0 Å². The van der Waals surface area contributed by atoms with Crippen molar-refractivity contribution in [3.63, 3.8) is 0 Å². The molecular formula is C15H21ClFNO2S. The van der Waals surface area contributed by atoms with Crippen LogP contribution in [0.25, 0.3) is 0 Å². The number of sulfonamides is 1. The average Bonchev–Trinajstić information content (AvgIpc) is 2.49. The standard InChI is InChI=1S/C15H21ClFNO2S/c1-2-18(13-6-4-3-5-7-13)21(19,20)15-10-12(11-16)8-9-14(15)17/h8-10,13H,2-7,11H2,1H3. The second-order valence-electron chi connectivity index (χ2n) is 5.40. The molecule has 1 fully saturated rings. The Bertz CT molecular complexity index is 585. The first-order chi connectivity index (χ1) is 10.0. The normalized spacial score (nSPS) is 17.3. The summed E-state index contributed by atoms with van der Waals surface area (Å²) in [7, 11) is -3.81. The van der Waals surface area contributed by atoms with E-state index in [-0.39, 0.29) is 16.8 Å². The first kappa shape index (κ1) is 16.7. The topological polar surface area (TPSA) is 37.4 Å². The first-order valence-corrected chi connectivity index (χ1v) is 9.34. The zero-order valence-corrected chi connectivity index (χ0v) is 13.8. The van der Waals surface area contributed by atoms with Crippen molar-refractivity contribution in [1.29, 1.82) is 0 Å². The highest BCUT2D eigenvalue weighted by Gasteiger charge is 2.33. The van der Waals surface area contributed by atoms with Gasteiger partial charge in [-0.25, -0.2) is 12.8 Å². The van der Waals surface area contributed by atoms with Gasteiger partial charge in [0.15, 0.2) is 0 Å². The van der Waals surface area contributed by atoms with Gasteiger partial charge in [0.1, 0.15) is 10.7 Å². The fourth-order valence-electron chi connectivity index (χ4n) is 2.95. The minimum Gasteiger partial charge on any atom is -0.207 e. The fraction of sp³-hybridized carbons (Fsp3) is 0.600. The zero-order valence-electron chi connectivity index (χ0n) is 12.2. The summed E-state index contributed by atoms with van der Waals surface area (Å²) in [6.45, 7) is 2.16. The zero-order chi connectivity index (χ0) is 15.5. The van der Waals surface area contributed by atoms with Crippen LogP contribution in [0.1, 0.15) is 44.6 Å². The smallest absolute Gasteiger partial charge is 0.207 e. The molecule has 0 aromatic heterocycles. The van der Waals surface area contributed by atoms with E-state index in [4.69, 9.17) is 11.6 Å². The summed E-state index contributed by atoms with van der Waals surface area (Å²) < 4.78 is 41.1. The van der Waals surface area contributed by atoms with Crippen LogP contribution in [0.15, 0.2) is 23.1 Å². The maximum atomic E-state index is 14.0. The van der Waals surface area contributed by atoms with E-state index in [1.165, 1.54) is 22.5 Å². The molecule has 0 heterocycles. The van der Waals surface area contributed by atoms with Crippen molar-refractivity contribution in [2.75, 3.05) is 6.54 Å². The summed E-state index contributed by atoms with van der Waals surface area (Å²) in [6.07, 6.45) is 4.90. The van der Waals surface area contributed by atoms with Crippen molar-refractivity contribution in [1.82, 2.24) is 4.31 Å². The molecule has 1 aromatic carbocycles. The molecule has 0 atom stereocenters. The third-order valence-electron chi connectivity index (χ3n) is 4.03. The van der Waals surface area contributed by atoms with Crippen LogP contribution in [-0.4, -0.2) is 25.3 Å². The van der Waals surface area contributed by atoms with Crippen LogP contribution in [0.5, 0.6) is 0 Å². The SMILES string of the molecule is CCN(C1CCCCC1)S(=O)(=O)c1cc(CCl)ccc1F. The van der Waals surface area contributed by atoms with E-state index in [1.54, 1.807) is 6.92 Å². The third kappa shape index (κ3) is 3.58. The van der Waals surface area contributed by atoms with Crippen molar-refractivity contribution in [3.8, 4) is 0 Å². The van der Waals surface area contributed by atoms with E-state index in [1.807, 2.05) is 0 Å². The quantitative estimate of drug-likeness (QED) is 0.766. The average molecular weight is 334 g/mol. The molecule has 0 amide bonds. The van der Waals surface area contributed by atoms with Gasteiger partial charge < -0.3 is 0 Å². The van der Waals surface area contributed by atoms with Gasteiger partial charge in [-0.1, -0.05) is 32.3 Å². The molecule has 1 aliphatic carbocycles. The number of benzene rings is 1. The van der Waals surface area contributed by atoms with E-state index in [0.29, 0.717) is 12.1 Å². The number of nitrogens with zero attached hydrogens (tertiary/aromatic N) is 1. The summed E-state index contributed by atoms with van der Waals surface area (Å²) in [5.74, 6) is -0.545. The number of rotatable bonds is 5. The molecule has 1 aliphatic rings. The number of hydrogen-bond acceptors (Lipinski definition) is 2. The lowest BCUT2D eigenvalue weighted by atomic mass is 9.95. The Morgan fingerprint density at radius 1 is 1.29 bits per heavy atom. The van der Waals surface area contributed by atoms with E-state index in [9.17, 15) is 12.8 Å². The van der Waals surface area contributed by atoms with Crippen molar-refractivity contribution in [2.45, 2.75) is 55.8 Å². The molecule has 1 saturated carbocycles. The molecule has 0 N–H and O–H groups in total. The molecular weight excluding hydrogens is 313 g/mol. The number of hydrogen-bond donors (Lipinski definition) is 0. The third-order valence-corrected chi connectivity index (χ3v) is 6.38. The van der Waals surface area contributed by atoms with Crippen LogP contribution in [0.2, 0.25) is 0 Å². The molecule has 1 aromatic rings. The first-order valence-electron chi connectivity index (χ1n) is 7.37. The van der Waals surface area contributed by atoms with Gasteiger partial charge in [0, 0.05) is 18.5 Å². The lowest BCUT2D eigenvalue weighted by Crippen LogP contribution is -2.41. The van der Waals surface area contributed by atoms with Crippen molar-refractivity contribution >= 4 is 21.6 Å². The lowest BCUT2D eigenvalue weighted by Gasteiger charge is -2.32. The molecule has 0 bridgehead atoms. The molecule has 0 aliphatic heterocycles. The van der Waals surface area contributed by atoms with E-state index in [0.717, 1.165) is 32.1 Å². The molecule has 0 spiro atoms. The van der Waals surface area contributed by atoms with E-state index >= 15 is 0 Å². The largest absolute Gasteiger partial charge is 0.246 e. The Labute approximate surface area is 131 Å². The van der Waals surface area contributed by atoms with Crippen LogP contribution in [0.3, 0.4) is 0 Å². The van der Waals surface area contributed by atoms with Gasteiger partial charge in [-0.05, 0) is 30.5 Å². The van der Waals surface area contributed by atoms with Crippen molar-refractivity contribution in [2.24, 2.45) is 0 Å². The molecule has 21 heavy (non-hydrogen) atoms. The predicted molar refractivity (Wildman–Crippen MR) is 82.4 cm³/mol. The molecule has 0 saturated heterocycles. The lowest BCUT2D eigenvalue weighted by molar-refractivity contribution is 0.260. The number of alkyl halides is 1. The van der Waals surface area contributed by atoms with Crippen molar-refractivity contribution in [3.05, 3.63) is 29.6 Å². The van der Waals surface area contributed by atoms with Gasteiger partial charge in [-0.2, -0.15) is 4.31 Å². The molecule has 118 valence electrons. The summed E-state index contributed by atoms with van der Waals surface area (Å²) >= 11 is 5.73.